The standard InChI is InChI=1S/C18H21N3O4/c1-12-5-10-16(22)17(19-12)13(2)20-24-11-14-6-8-15(9-7-14)25-18(23)21(3)4/h5-10,22H,11H2,1-4H3. The summed E-state index contributed by atoms with van der Waals surface area (Å²) in [4.78, 5) is 22.4. The first-order valence-electron chi connectivity index (χ1n) is 7.68. The van der Waals surface area contributed by atoms with Crippen molar-refractivity contribution in [2.45, 2.75) is 20.5 Å². The van der Waals surface area contributed by atoms with E-state index >= 15 is 0 Å². The molecule has 1 amide bonds. The van der Waals surface area contributed by atoms with Gasteiger partial charge in [0.2, 0.25) is 0 Å². The van der Waals surface area contributed by atoms with E-state index in [1.165, 1.54) is 4.90 Å². The second-order valence-electron chi connectivity index (χ2n) is 5.68. The minimum Gasteiger partial charge on any atom is -0.506 e. The molecule has 0 aliphatic rings. The molecule has 25 heavy (non-hydrogen) atoms. The number of benzene rings is 1. The van der Waals surface area contributed by atoms with Crippen LogP contribution < -0.4 is 4.74 Å². The summed E-state index contributed by atoms with van der Waals surface area (Å²) in [5.41, 5.74) is 2.52. The van der Waals surface area contributed by atoms with Gasteiger partial charge in [0.25, 0.3) is 0 Å². The molecule has 0 radical (unpaired) electrons. The fourth-order valence-electron chi connectivity index (χ4n) is 1.91. The Morgan fingerprint density at radius 3 is 2.52 bits per heavy atom. The number of hydrogen-bond donors (Lipinski definition) is 1. The summed E-state index contributed by atoms with van der Waals surface area (Å²) in [6.07, 6.45) is -0.435. The van der Waals surface area contributed by atoms with Gasteiger partial charge in [0.05, 0.1) is 0 Å². The van der Waals surface area contributed by atoms with Crippen molar-refractivity contribution in [3.8, 4) is 11.5 Å². The number of carbonyl (C=O) groups is 1. The van der Waals surface area contributed by atoms with Gasteiger partial charge in [-0.05, 0) is 43.7 Å². The molecular formula is C18H21N3O4. The van der Waals surface area contributed by atoms with Gasteiger partial charge in [0.1, 0.15) is 29.5 Å². The molecule has 132 valence electrons. The van der Waals surface area contributed by atoms with Crippen molar-refractivity contribution >= 4 is 11.8 Å². The molecule has 2 rings (SSSR count). The second-order valence-corrected chi connectivity index (χ2v) is 5.68. The summed E-state index contributed by atoms with van der Waals surface area (Å²) in [6.45, 7) is 3.79. The maximum absolute atomic E-state index is 11.5. The average molecular weight is 343 g/mol. The highest BCUT2D eigenvalue weighted by Gasteiger charge is 2.08. The van der Waals surface area contributed by atoms with E-state index in [1.54, 1.807) is 57.4 Å². The molecule has 0 saturated carbocycles. The zero-order valence-corrected chi connectivity index (χ0v) is 14.7. The third-order valence-electron chi connectivity index (χ3n) is 3.28. The highest BCUT2D eigenvalue weighted by atomic mass is 16.6. The number of hydrogen-bond acceptors (Lipinski definition) is 6. The maximum atomic E-state index is 11.5. The predicted octanol–water partition coefficient (Wildman–Crippen LogP) is 3.10. The van der Waals surface area contributed by atoms with Crippen LogP contribution in [-0.4, -0.2) is 40.9 Å². The smallest absolute Gasteiger partial charge is 0.414 e. The number of ether oxygens (including phenoxy) is 1. The Labute approximate surface area is 146 Å². The van der Waals surface area contributed by atoms with E-state index in [-0.39, 0.29) is 12.4 Å². The first-order chi connectivity index (χ1) is 11.9. The van der Waals surface area contributed by atoms with Crippen LogP contribution in [0.4, 0.5) is 4.79 Å². The molecule has 1 N–H and O–H groups in total. The quantitative estimate of drug-likeness (QED) is 0.666. The van der Waals surface area contributed by atoms with E-state index in [1.807, 2.05) is 6.92 Å². The van der Waals surface area contributed by atoms with E-state index < -0.39 is 6.09 Å². The lowest BCUT2D eigenvalue weighted by Gasteiger charge is -2.10. The molecule has 0 spiro atoms. The number of rotatable bonds is 5. The van der Waals surface area contributed by atoms with Gasteiger partial charge in [0.15, 0.2) is 0 Å². The molecule has 0 atom stereocenters. The van der Waals surface area contributed by atoms with E-state index in [2.05, 4.69) is 10.1 Å². The number of aromatic nitrogens is 1. The van der Waals surface area contributed by atoms with Crippen LogP contribution >= 0.6 is 0 Å². The minimum absolute atomic E-state index is 0.0579. The van der Waals surface area contributed by atoms with Crippen molar-refractivity contribution in [2.75, 3.05) is 14.1 Å². The molecule has 2 aromatic rings. The van der Waals surface area contributed by atoms with Crippen molar-refractivity contribution < 1.29 is 19.5 Å². The van der Waals surface area contributed by atoms with E-state index in [0.717, 1.165) is 11.3 Å². The Balaban J connectivity index is 1.95. The van der Waals surface area contributed by atoms with Crippen LogP contribution in [0.1, 0.15) is 23.9 Å². The topological polar surface area (TPSA) is 84.3 Å². The van der Waals surface area contributed by atoms with Crippen molar-refractivity contribution in [3.05, 3.63) is 53.3 Å². The van der Waals surface area contributed by atoms with Gasteiger partial charge in [0, 0.05) is 19.8 Å². The van der Waals surface area contributed by atoms with Crippen LogP contribution in [0.15, 0.2) is 41.6 Å². The molecule has 0 fully saturated rings. The number of nitrogens with zero attached hydrogens (tertiary/aromatic N) is 3. The molecule has 0 saturated heterocycles. The van der Waals surface area contributed by atoms with Gasteiger partial charge in [-0.3, -0.25) is 0 Å². The number of oxime groups is 1. The molecular weight excluding hydrogens is 322 g/mol. The third kappa shape index (κ3) is 5.20. The molecule has 1 aromatic heterocycles. The molecule has 1 heterocycles. The van der Waals surface area contributed by atoms with E-state index in [9.17, 15) is 9.90 Å². The number of carbonyl (C=O) groups excluding carboxylic acids is 1. The van der Waals surface area contributed by atoms with E-state index in [0.29, 0.717) is 17.2 Å². The van der Waals surface area contributed by atoms with Crippen LogP contribution in [0.25, 0.3) is 0 Å². The highest BCUT2D eigenvalue weighted by Crippen LogP contribution is 2.17. The summed E-state index contributed by atoms with van der Waals surface area (Å²) in [5, 5.41) is 13.8. The van der Waals surface area contributed by atoms with Crippen molar-refractivity contribution in [2.24, 2.45) is 5.16 Å². The second kappa shape index (κ2) is 8.14. The summed E-state index contributed by atoms with van der Waals surface area (Å²) in [7, 11) is 3.23. The van der Waals surface area contributed by atoms with Crippen LogP contribution in [-0.2, 0) is 11.4 Å². The lowest BCUT2D eigenvalue weighted by molar-refractivity contribution is 0.130. The van der Waals surface area contributed by atoms with Gasteiger partial charge in [-0.25, -0.2) is 9.78 Å². The van der Waals surface area contributed by atoms with Gasteiger partial charge in [-0.1, -0.05) is 17.3 Å². The SMILES string of the molecule is CC(=NOCc1ccc(OC(=O)N(C)C)cc1)c1nc(C)ccc1O. The van der Waals surface area contributed by atoms with Gasteiger partial charge >= 0.3 is 6.09 Å². The highest BCUT2D eigenvalue weighted by molar-refractivity contribution is 5.98. The minimum atomic E-state index is -0.435. The maximum Gasteiger partial charge on any atom is 0.414 e. The molecule has 0 aliphatic carbocycles. The van der Waals surface area contributed by atoms with Gasteiger partial charge in [-0.2, -0.15) is 0 Å². The van der Waals surface area contributed by atoms with Crippen LogP contribution in [0.3, 0.4) is 0 Å². The summed E-state index contributed by atoms with van der Waals surface area (Å²) < 4.78 is 5.14. The third-order valence-corrected chi connectivity index (χ3v) is 3.28. The summed E-state index contributed by atoms with van der Waals surface area (Å²) in [6, 6.07) is 10.2. The fourth-order valence-corrected chi connectivity index (χ4v) is 1.91. The van der Waals surface area contributed by atoms with Crippen molar-refractivity contribution in [3.63, 3.8) is 0 Å². The van der Waals surface area contributed by atoms with Crippen molar-refractivity contribution in [1.82, 2.24) is 9.88 Å². The Bertz CT molecular complexity index is 770. The molecule has 0 bridgehead atoms. The zero-order chi connectivity index (χ0) is 18.4. The summed E-state index contributed by atoms with van der Waals surface area (Å²) >= 11 is 0. The van der Waals surface area contributed by atoms with Crippen LogP contribution in [0.2, 0.25) is 0 Å². The summed E-state index contributed by atoms with van der Waals surface area (Å²) in [5.74, 6) is 0.513. The Morgan fingerprint density at radius 1 is 1.20 bits per heavy atom. The Hall–Kier alpha value is -3.09. The lowest BCUT2D eigenvalue weighted by Crippen LogP contribution is -2.25. The first-order valence-corrected chi connectivity index (χ1v) is 7.68. The number of pyridine rings is 1. The lowest BCUT2D eigenvalue weighted by atomic mass is 10.2. The Kier molecular flexibility index (Phi) is 5.94. The largest absolute Gasteiger partial charge is 0.506 e. The molecule has 7 nitrogen and oxygen atoms in total. The van der Waals surface area contributed by atoms with Crippen LogP contribution in [0, 0.1) is 6.92 Å². The zero-order valence-electron chi connectivity index (χ0n) is 14.7. The Morgan fingerprint density at radius 2 is 1.88 bits per heavy atom. The molecule has 1 aromatic carbocycles. The van der Waals surface area contributed by atoms with Gasteiger partial charge in [-0.15, -0.1) is 0 Å². The van der Waals surface area contributed by atoms with Crippen LogP contribution in [0.5, 0.6) is 11.5 Å². The average Bonchev–Trinajstić information content (AvgIpc) is 2.58. The normalized spacial score (nSPS) is 11.1. The fraction of sp³-hybridized carbons (Fsp3) is 0.278. The monoisotopic (exact) mass is 343 g/mol. The molecule has 0 unspecified atom stereocenters. The number of aryl methyl sites for hydroxylation is 1. The van der Waals surface area contributed by atoms with Crippen molar-refractivity contribution in [1.29, 1.82) is 0 Å². The number of amides is 1. The van der Waals surface area contributed by atoms with E-state index in [4.69, 9.17) is 9.57 Å². The molecule has 0 aliphatic heterocycles. The predicted molar refractivity (Wildman–Crippen MR) is 93.8 cm³/mol. The van der Waals surface area contributed by atoms with Gasteiger partial charge < -0.3 is 19.6 Å². The molecule has 7 heteroatoms. The first kappa shape index (κ1) is 18.3. The number of aromatic hydroxyl groups is 1.